The SMILES string of the molecule is N#CC(O)c1c(Cl)c(F)cc2c1CCC2. The number of halogens is 2. The zero-order valence-electron chi connectivity index (χ0n) is 7.93. The Kier molecular flexibility index (Phi) is 2.64. The van der Waals surface area contributed by atoms with Crippen LogP contribution < -0.4 is 0 Å². The van der Waals surface area contributed by atoms with Crippen molar-refractivity contribution >= 4 is 11.6 Å². The van der Waals surface area contributed by atoms with Crippen LogP contribution in [0.3, 0.4) is 0 Å². The van der Waals surface area contributed by atoms with Crippen molar-refractivity contribution in [1.29, 1.82) is 5.26 Å². The van der Waals surface area contributed by atoms with E-state index in [0.29, 0.717) is 0 Å². The van der Waals surface area contributed by atoms with Crippen molar-refractivity contribution in [2.45, 2.75) is 25.4 Å². The van der Waals surface area contributed by atoms with Gasteiger partial charge >= 0.3 is 0 Å². The minimum absolute atomic E-state index is 0.121. The summed E-state index contributed by atoms with van der Waals surface area (Å²) in [6.07, 6.45) is 1.12. The zero-order chi connectivity index (χ0) is 11.0. The smallest absolute Gasteiger partial charge is 0.167 e. The van der Waals surface area contributed by atoms with Gasteiger partial charge in [-0.15, -0.1) is 0 Å². The molecule has 1 aromatic rings. The van der Waals surface area contributed by atoms with Crippen LogP contribution in [-0.2, 0) is 12.8 Å². The van der Waals surface area contributed by atoms with Crippen LogP contribution in [0.5, 0.6) is 0 Å². The molecule has 0 spiro atoms. The van der Waals surface area contributed by atoms with Crippen molar-refractivity contribution in [2.75, 3.05) is 0 Å². The van der Waals surface area contributed by atoms with Crippen molar-refractivity contribution in [3.8, 4) is 6.07 Å². The number of hydrogen-bond acceptors (Lipinski definition) is 2. The highest BCUT2D eigenvalue weighted by atomic mass is 35.5. The molecule has 1 N–H and O–H groups in total. The van der Waals surface area contributed by atoms with Crippen LogP contribution in [0.15, 0.2) is 6.07 Å². The molecule has 1 atom stereocenters. The average molecular weight is 226 g/mol. The van der Waals surface area contributed by atoms with E-state index < -0.39 is 11.9 Å². The van der Waals surface area contributed by atoms with Crippen molar-refractivity contribution in [3.05, 3.63) is 33.6 Å². The van der Waals surface area contributed by atoms with Gasteiger partial charge in [0.25, 0.3) is 0 Å². The van der Waals surface area contributed by atoms with Gasteiger partial charge in [0.2, 0.25) is 0 Å². The minimum atomic E-state index is -1.33. The molecule has 1 aromatic carbocycles. The fourth-order valence-corrected chi connectivity index (χ4v) is 2.33. The number of nitrogens with zero attached hydrogens (tertiary/aromatic N) is 1. The normalized spacial score (nSPS) is 15.9. The van der Waals surface area contributed by atoms with Gasteiger partial charge in [-0.2, -0.15) is 5.26 Å². The summed E-state index contributed by atoms with van der Waals surface area (Å²) in [6.45, 7) is 0. The number of nitriles is 1. The molecule has 15 heavy (non-hydrogen) atoms. The van der Waals surface area contributed by atoms with Crippen LogP contribution in [0.1, 0.15) is 29.2 Å². The second kappa shape index (κ2) is 3.80. The maximum absolute atomic E-state index is 13.4. The summed E-state index contributed by atoms with van der Waals surface area (Å²) >= 11 is 5.76. The Labute approximate surface area is 91.9 Å². The fourth-order valence-electron chi connectivity index (χ4n) is 2.06. The quantitative estimate of drug-likeness (QED) is 0.747. The van der Waals surface area contributed by atoms with Gasteiger partial charge in [-0.25, -0.2) is 4.39 Å². The highest BCUT2D eigenvalue weighted by Gasteiger charge is 2.24. The predicted octanol–water partition coefficient (Wildman–Crippen LogP) is 2.52. The molecule has 4 heteroatoms. The third-order valence-electron chi connectivity index (χ3n) is 2.73. The summed E-state index contributed by atoms with van der Waals surface area (Å²) < 4.78 is 13.4. The van der Waals surface area contributed by atoms with Crippen LogP contribution in [0.4, 0.5) is 4.39 Å². The first-order valence-electron chi connectivity index (χ1n) is 4.72. The number of aryl methyl sites for hydroxylation is 1. The second-order valence-corrected chi connectivity index (χ2v) is 3.99. The summed E-state index contributed by atoms with van der Waals surface area (Å²) in [5.74, 6) is -0.554. The molecule has 0 radical (unpaired) electrons. The summed E-state index contributed by atoms with van der Waals surface area (Å²) in [7, 11) is 0. The number of hydrogen-bond donors (Lipinski definition) is 1. The van der Waals surface area contributed by atoms with Crippen LogP contribution in [0.2, 0.25) is 5.02 Å². The Morgan fingerprint density at radius 2 is 2.27 bits per heavy atom. The third-order valence-corrected chi connectivity index (χ3v) is 3.11. The van der Waals surface area contributed by atoms with E-state index in [1.54, 1.807) is 6.07 Å². The number of fused-ring (bicyclic) bond motifs is 1. The summed E-state index contributed by atoms with van der Waals surface area (Å²) in [4.78, 5) is 0. The molecule has 1 aliphatic rings. The topological polar surface area (TPSA) is 44.0 Å². The average Bonchev–Trinajstić information content (AvgIpc) is 2.66. The van der Waals surface area contributed by atoms with Crippen molar-refractivity contribution < 1.29 is 9.50 Å². The van der Waals surface area contributed by atoms with Gasteiger partial charge in [0, 0.05) is 5.56 Å². The molecule has 0 saturated heterocycles. The van der Waals surface area contributed by atoms with Crippen molar-refractivity contribution in [1.82, 2.24) is 0 Å². The van der Waals surface area contributed by atoms with Gasteiger partial charge in [-0.3, -0.25) is 0 Å². The third kappa shape index (κ3) is 1.60. The molecule has 0 aliphatic heterocycles. The Hall–Kier alpha value is -1.11. The standard InChI is InChI=1S/C11H9ClFNO/c12-11-8(13)4-6-2-1-3-7(6)10(11)9(15)5-14/h4,9,15H,1-3H2. The molecule has 2 nitrogen and oxygen atoms in total. The lowest BCUT2D eigenvalue weighted by atomic mass is 9.99. The molecule has 0 fully saturated rings. The molecule has 1 aliphatic carbocycles. The van der Waals surface area contributed by atoms with E-state index in [1.165, 1.54) is 6.07 Å². The van der Waals surface area contributed by atoms with Crippen LogP contribution in [-0.4, -0.2) is 5.11 Å². The Bertz CT molecular complexity index is 453. The lowest BCUT2D eigenvalue weighted by Gasteiger charge is -2.12. The van der Waals surface area contributed by atoms with Crippen molar-refractivity contribution in [3.63, 3.8) is 0 Å². The highest BCUT2D eigenvalue weighted by molar-refractivity contribution is 6.31. The van der Waals surface area contributed by atoms with Gasteiger partial charge in [0.15, 0.2) is 6.10 Å². The number of rotatable bonds is 1. The summed E-state index contributed by atoms with van der Waals surface area (Å²) in [5.41, 5.74) is 1.96. The minimum Gasteiger partial charge on any atom is -0.374 e. The molecule has 0 saturated carbocycles. The van der Waals surface area contributed by atoms with E-state index in [-0.39, 0.29) is 10.6 Å². The summed E-state index contributed by atoms with van der Waals surface area (Å²) in [6, 6.07) is 3.08. The Morgan fingerprint density at radius 3 is 2.93 bits per heavy atom. The monoisotopic (exact) mass is 225 g/mol. The van der Waals surface area contributed by atoms with Crippen LogP contribution in [0, 0.1) is 17.1 Å². The Morgan fingerprint density at radius 1 is 1.53 bits per heavy atom. The Balaban J connectivity index is 2.66. The van der Waals surface area contributed by atoms with Gasteiger partial charge in [-0.1, -0.05) is 11.6 Å². The molecule has 2 rings (SSSR count). The molecule has 0 amide bonds. The zero-order valence-corrected chi connectivity index (χ0v) is 8.68. The predicted molar refractivity (Wildman–Crippen MR) is 54.0 cm³/mol. The first kappa shape index (κ1) is 10.4. The van der Waals surface area contributed by atoms with E-state index in [1.807, 2.05) is 0 Å². The highest BCUT2D eigenvalue weighted by Crippen LogP contribution is 2.36. The molecule has 78 valence electrons. The number of benzene rings is 1. The van der Waals surface area contributed by atoms with Crippen molar-refractivity contribution in [2.24, 2.45) is 0 Å². The maximum atomic E-state index is 13.4. The van der Waals surface area contributed by atoms with E-state index in [2.05, 4.69) is 0 Å². The van der Waals surface area contributed by atoms with Crippen LogP contribution >= 0.6 is 11.6 Å². The number of aliphatic hydroxyl groups is 1. The molecular weight excluding hydrogens is 217 g/mol. The van der Waals surface area contributed by atoms with Gasteiger partial charge in [-0.05, 0) is 36.5 Å². The lowest BCUT2D eigenvalue weighted by Crippen LogP contribution is -2.03. The van der Waals surface area contributed by atoms with E-state index in [4.69, 9.17) is 16.9 Å². The van der Waals surface area contributed by atoms with Gasteiger partial charge in [0.1, 0.15) is 5.82 Å². The van der Waals surface area contributed by atoms with E-state index >= 15 is 0 Å². The summed E-state index contributed by atoms with van der Waals surface area (Å²) in [5, 5.41) is 18.0. The molecule has 0 bridgehead atoms. The first-order valence-corrected chi connectivity index (χ1v) is 5.10. The van der Waals surface area contributed by atoms with Gasteiger partial charge < -0.3 is 5.11 Å². The van der Waals surface area contributed by atoms with E-state index in [9.17, 15) is 9.50 Å². The number of aliphatic hydroxyl groups excluding tert-OH is 1. The van der Waals surface area contributed by atoms with E-state index in [0.717, 1.165) is 30.4 Å². The molecule has 0 heterocycles. The molecule has 0 aromatic heterocycles. The molecular formula is C11H9ClFNO. The van der Waals surface area contributed by atoms with Gasteiger partial charge in [0.05, 0.1) is 11.1 Å². The van der Waals surface area contributed by atoms with Crippen LogP contribution in [0.25, 0.3) is 0 Å². The largest absolute Gasteiger partial charge is 0.374 e. The lowest BCUT2D eigenvalue weighted by molar-refractivity contribution is 0.234. The maximum Gasteiger partial charge on any atom is 0.167 e. The first-order chi connectivity index (χ1) is 7.15. The second-order valence-electron chi connectivity index (χ2n) is 3.61. The fraction of sp³-hybridized carbons (Fsp3) is 0.364. The molecule has 1 unspecified atom stereocenters.